The van der Waals surface area contributed by atoms with Gasteiger partial charge in [-0.2, -0.15) is 0 Å². The highest BCUT2D eigenvalue weighted by molar-refractivity contribution is 7.99. The van der Waals surface area contributed by atoms with Crippen molar-refractivity contribution in [3.05, 3.63) is 53.7 Å². The summed E-state index contributed by atoms with van der Waals surface area (Å²) < 4.78 is 51.3. The predicted molar refractivity (Wildman–Crippen MR) is 109 cm³/mol. The van der Waals surface area contributed by atoms with Crippen molar-refractivity contribution in [3.63, 3.8) is 0 Å². The Morgan fingerprint density at radius 2 is 1.79 bits per heavy atom. The molecule has 9 heteroatoms. The largest absolute Gasteiger partial charge is 0.350 e. The summed E-state index contributed by atoms with van der Waals surface area (Å²) in [5.41, 5.74) is 0.691. The SMILES string of the molecule is CCN(CC)C(=O)c1[nH]c2cc(S(C)(=O)=O)ccc2c1Sc1ccc(F)cc1F. The van der Waals surface area contributed by atoms with E-state index in [1.54, 1.807) is 11.0 Å². The molecular weight excluding hydrogens is 418 g/mol. The van der Waals surface area contributed by atoms with Gasteiger partial charge in [-0.3, -0.25) is 4.79 Å². The zero-order chi connectivity index (χ0) is 21.3. The maximum atomic E-state index is 14.2. The van der Waals surface area contributed by atoms with Crippen molar-refractivity contribution in [2.24, 2.45) is 0 Å². The molecule has 0 radical (unpaired) electrons. The van der Waals surface area contributed by atoms with Crippen LogP contribution in [0, 0.1) is 11.6 Å². The fourth-order valence-electron chi connectivity index (χ4n) is 2.97. The van der Waals surface area contributed by atoms with E-state index in [1.165, 1.54) is 18.2 Å². The Labute approximate surface area is 172 Å². The number of hydrogen-bond acceptors (Lipinski definition) is 4. The van der Waals surface area contributed by atoms with Crippen LogP contribution in [0.2, 0.25) is 0 Å². The highest BCUT2D eigenvalue weighted by Crippen LogP contribution is 2.39. The number of amides is 1. The van der Waals surface area contributed by atoms with E-state index >= 15 is 0 Å². The van der Waals surface area contributed by atoms with E-state index in [4.69, 9.17) is 0 Å². The molecule has 0 saturated carbocycles. The lowest BCUT2D eigenvalue weighted by atomic mass is 10.2. The zero-order valence-electron chi connectivity index (χ0n) is 16.1. The average molecular weight is 439 g/mol. The number of carbonyl (C=O) groups excluding carboxylic acids is 1. The third kappa shape index (κ3) is 4.30. The number of carbonyl (C=O) groups is 1. The molecule has 0 bridgehead atoms. The van der Waals surface area contributed by atoms with Crippen LogP contribution < -0.4 is 0 Å². The van der Waals surface area contributed by atoms with Gasteiger partial charge in [0.2, 0.25) is 0 Å². The second-order valence-electron chi connectivity index (χ2n) is 6.46. The van der Waals surface area contributed by atoms with E-state index in [0.29, 0.717) is 28.9 Å². The van der Waals surface area contributed by atoms with E-state index < -0.39 is 21.5 Å². The molecule has 3 aromatic rings. The normalized spacial score (nSPS) is 11.8. The van der Waals surface area contributed by atoms with Crippen molar-refractivity contribution >= 4 is 38.4 Å². The van der Waals surface area contributed by atoms with E-state index in [9.17, 15) is 22.0 Å². The third-order valence-corrected chi connectivity index (χ3v) is 6.81. The molecule has 0 aliphatic heterocycles. The van der Waals surface area contributed by atoms with Gasteiger partial charge in [0.15, 0.2) is 9.84 Å². The summed E-state index contributed by atoms with van der Waals surface area (Å²) in [6, 6.07) is 7.73. The van der Waals surface area contributed by atoms with E-state index in [0.717, 1.165) is 30.2 Å². The zero-order valence-corrected chi connectivity index (χ0v) is 17.8. The molecule has 154 valence electrons. The molecule has 0 spiro atoms. The van der Waals surface area contributed by atoms with Crippen LogP contribution in [0.3, 0.4) is 0 Å². The van der Waals surface area contributed by atoms with Crippen LogP contribution in [0.25, 0.3) is 10.9 Å². The second-order valence-corrected chi connectivity index (χ2v) is 9.53. The van der Waals surface area contributed by atoms with Gasteiger partial charge in [-0.1, -0.05) is 17.8 Å². The molecule has 0 aliphatic rings. The van der Waals surface area contributed by atoms with Crippen molar-refractivity contribution in [2.75, 3.05) is 19.3 Å². The first-order valence-electron chi connectivity index (χ1n) is 8.93. The maximum Gasteiger partial charge on any atom is 0.271 e. The van der Waals surface area contributed by atoms with Crippen molar-refractivity contribution in [1.82, 2.24) is 9.88 Å². The van der Waals surface area contributed by atoms with Crippen LogP contribution in [0.15, 0.2) is 51.1 Å². The summed E-state index contributed by atoms with van der Waals surface area (Å²) in [5.74, 6) is -1.71. The van der Waals surface area contributed by atoms with Crippen LogP contribution in [0.5, 0.6) is 0 Å². The van der Waals surface area contributed by atoms with Crippen LogP contribution in [-0.2, 0) is 9.84 Å². The lowest BCUT2D eigenvalue weighted by Gasteiger charge is -2.18. The number of aromatic nitrogens is 1. The molecule has 0 aliphatic carbocycles. The quantitative estimate of drug-likeness (QED) is 0.616. The van der Waals surface area contributed by atoms with E-state index in [-0.39, 0.29) is 21.4 Å². The molecule has 0 saturated heterocycles. The fraction of sp³-hybridized carbons (Fsp3) is 0.250. The van der Waals surface area contributed by atoms with E-state index in [2.05, 4.69) is 4.98 Å². The Hall–Kier alpha value is -2.39. The number of aromatic amines is 1. The van der Waals surface area contributed by atoms with Gasteiger partial charge >= 0.3 is 0 Å². The predicted octanol–water partition coefficient (Wildman–Crippen LogP) is 4.48. The molecule has 0 atom stereocenters. The summed E-state index contributed by atoms with van der Waals surface area (Å²) in [6.07, 6.45) is 1.10. The Bertz CT molecular complexity index is 1190. The monoisotopic (exact) mass is 438 g/mol. The number of H-pyrrole nitrogens is 1. The van der Waals surface area contributed by atoms with Crippen LogP contribution in [0.1, 0.15) is 24.3 Å². The van der Waals surface area contributed by atoms with Gasteiger partial charge in [-0.05, 0) is 38.1 Å². The number of hydrogen-bond donors (Lipinski definition) is 1. The average Bonchev–Trinajstić information content (AvgIpc) is 3.02. The van der Waals surface area contributed by atoms with Crippen molar-refractivity contribution in [2.45, 2.75) is 28.5 Å². The third-order valence-electron chi connectivity index (χ3n) is 4.52. The molecule has 0 unspecified atom stereocenters. The van der Waals surface area contributed by atoms with Crippen molar-refractivity contribution in [3.8, 4) is 0 Å². The molecule has 3 rings (SSSR count). The first-order chi connectivity index (χ1) is 13.7. The number of benzene rings is 2. The molecule has 29 heavy (non-hydrogen) atoms. The van der Waals surface area contributed by atoms with E-state index in [1.807, 2.05) is 13.8 Å². The first kappa shape index (κ1) is 21.3. The molecule has 1 amide bonds. The molecular formula is C20H20F2N2O3S2. The van der Waals surface area contributed by atoms with Gasteiger partial charge in [0.1, 0.15) is 17.3 Å². The number of halogens is 2. The standard InChI is InChI=1S/C20H20F2N2O3S2/c1-4-24(5-2)20(25)18-19(28-17-9-6-12(21)10-15(17)22)14-8-7-13(29(3,26)27)11-16(14)23-18/h6-11,23H,4-5H2,1-3H3. The Balaban J connectivity index is 2.20. The Morgan fingerprint density at radius 3 is 2.38 bits per heavy atom. The molecule has 0 fully saturated rings. The lowest BCUT2D eigenvalue weighted by Crippen LogP contribution is -2.31. The van der Waals surface area contributed by atoms with Gasteiger partial charge in [0.25, 0.3) is 5.91 Å². The number of fused-ring (bicyclic) bond motifs is 1. The fourth-order valence-corrected chi connectivity index (χ4v) is 4.66. The summed E-state index contributed by atoms with van der Waals surface area (Å²) in [5, 5.41) is 0.585. The Morgan fingerprint density at radius 1 is 1.10 bits per heavy atom. The Kier molecular flexibility index (Phi) is 6.00. The second kappa shape index (κ2) is 8.16. The minimum absolute atomic E-state index is 0.109. The van der Waals surface area contributed by atoms with Crippen LogP contribution in [0.4, 0.5) is 8.78 Å². The van der Waals surface area contributed by atoms with Gasteiger partial charge in [-0.25, -0.2) is 17.2 Å². The number of nitrogens with zero attached hydrogens (tertiary/aromatic N) is 1. The molecule has 2 aromatic carbocycles. The van der Waals surface area contributed by atoms with Gasteiger partial charge in [-0.15, -0.1) is 0 Å². The topological polar surface area (TPSA) is 70.2 Å². The summed E-state index contributed by atoms with van der Waals surface area (Å²) in [4.78, 5) is 18.4. The lowest BCUT2D eigenvalue weighted by molar-refractivity contribution is 0.0764. The molecule has 5 nitrogen and oxygen atoms in total. The first-order valence-corrected chi connectivity index (χ1v) is 11.6. The minimum Gasteiger partial charge on any atom is -0.350 e. The summed E-state index contributed by atoms with van der Waals surface area (Å²) in [7, 11) is -3.44. The minimum atomic E-state index is -3.44. The van der Waals surface area contributed by atoms with Gasteiger partial charge < -0.3 is 9.88 Å². The molecule has 1 N–H and O–H groups in total. The number of sulfone groups is 1. The van der Waals surface area contributed by atoms with Crippen molar-refractivity contribution in [1.29, 1.82) is 0 Å². The van der Waals surface area contributed by atoms with Crippen molar-refractivity contribution < 1.29 is 22.0 Å². The molecule has 1 aromatic heterocycles. The van der Waals surface area contributed by atoms with Crippen LogP contribution in [-0.4, -0.2) is 43.6 Å². The summed E-state index contributed by atoms with van der Waals surface area (Å²) >= 11 is 0.996. The number of nitrogens with one attached hydrogen (secondary N) is 1. The van der Waals surface area contributed by atoms with Gasteiger partial charge in [0.05, 0.1) is 9.79 Å². The van der Waals surface area contributed by atoms with Gasteiger partial charge in [0, 0.05) is 41.2 Å². The summed E-state index contributed by atoms with van der Waals surface area (Å²) in [6.45, 7) is 4.65. The number of rotatable bonds is 6. The van der Waals surface area contributed by atoms with Crippen LogP contribution >= 0.6 is 11.8 Å². The maximum absolute atomic E-state index is 14.2. The smallest absolute Gasteiger partial charge is 0.271 e. The highest BCUT2D eigenvalue weighted by Gasteiger charge is 2.24. The molecule has 1 heterocycles. The highest BCUT2D eigenvalue weighted by atomic mass is 32.2.